The predicted octanol–water partition coefficient (Wildman–Crippen LogP) is 1.96. The van der Waals surface area contributed by atoms with Crippen molar-refractivity contribution in [2.75, 3.05) is 51.3 Å². The summed E-state index contributed by atoms with van der Waals surface area (Å²) in [5, 5.41) is 3.38. The van der Waals surface area contributed by atoms with Gasteiger partial charge in [0.15, 0.2) is 5.13 Å². The van der Waals surface area contributed by atoms with Crippen molar-refractivity contribution in [1.82, 2.24) is 19.8 Å². The second kappa shape index (κ2) is 10.4. The van der Waals surface area contributed by atoms with Crippen LogP contribution in [-0.4, -0.2) is 77.5 Å². The number of hydrogen-bond acceptors (Lipinski definition) is 7. The standard InChI is InChI=1S/C20H27N5O3S/c1-15-16(2)29-20(22-15)23-18(26)14-25(19(27)17-4-6-21-7-5-17)9-3-8-24-10-12-28-13-11-24/h4-7H,3,8-14H2,1-2H3,(H,22,23,26). The molecule has 2 amide bonds. The minimum absolute atomic E-state index is 0.0120. The Morgan fingerprint density at radius 3 is 2.62 bits per heavy atom. The first-order valence-electron chi connectivity index (χ1n) is 9.76. The minimum atomic E-state index is -0.243. The summed E-state index contributed by atoms with van der Waals surface area (Å²) in [6.45, 7) is 8.53. The van der Waals surface area contributed by atoms with Crippen molar-refractivity contribution in [3.63, 3.8) is 0 Å². The van der Waals surface area contributed by atoms with Crippen LogP contribution in [0.1, 0.15) is 27.3 Å². The van der Waals surface area contributed by atoms with E-state index < -0.39 is 0 Å². The maximum atomic E-state index is 12.9. The number of carbonyl (C=O) groups excluding carboxylic acids is 2. The molecule has 0 spiro atoms. The molecule has 1 fully saturated rings. The Balaban J connectivity index is 1.61. The number of aromatic nitrogens is 2. The van der Waals surface area contributed by atoms with Crippen LogP contribution in [0.3, 0.4) is 0 Å². The summed E-state index contributed by atoms with van der Waals surface area (Å²) in [6, 6.07) is 3.34. The van der Waals surface area contributed by atoms with Crippen LogP contribution in [0.25, 0.3) is 0 Å². The Bertz CT molecular complexity index is 801. The molecule has 2 aromatic heterocycles. The van der Waals surface area contributed by atoms with E-state index >= 15 is 0 Å². The van der Waals surface area contributed by atoms with Crippen molar-refractivity contribution in [2.24, 2.45) is 0 Å². The summed E-state index contributed by atoms with van der Waals surface area (Å²) < 4.78 is 5.37. The molecule has 3 rings (SSSR count). The summed E-state index contributed by atoms with van der Waals surface area (Å²) >= 11 is 1.44. The number of carbonyl (C=O) groups is 2. The highest BCUT2D eigenvalue weighted by Crippen LogP contribution is 2.21. The first-order valence-corrected chi connectivity index (χ1v) is 10.6. The molecule has 0 aromatic carbocycles. The number of nitrogens with one attached hydrogen (secondary N) is 1. The molecule has 0 saturated carbocycles. The van der Waals surface area contributed by atoms with Crippen LogP contribution >= 0.6 is 11.3 Å². The van der Waals surface area contributed by atoms with Crippen molar-refractivity contribution in [2.45, 2.75) is 20.3 Å². The molecule has 0 unspecified atom stereocenters. The average Bonchev–Trinajstić information content (AvgIpc) is 3.04. The molecule has 1 aliphatic heterocycles. The van der Waals surface area contributed by atoms with Crippen LogP contribution in [0.2, 0.25) is 0 Å². The van der Waals surface area contributed by atoms with E-state index in [-0.39, 0.29) is 18.4 Å². The fourth-order valence-corrected chi connectivity index (χ4v) is 3.93. The highest BCUT2D eigenvalue weighted by molar-refractivity contribution is 7.15. The molecule has 1 saturated heterocycles. The number of aryl methyl sites for hydroxylation is 2. The van der Waals surface area contributed by atoms with E-state index in [0.29, 0.717) is 17.2 Å². The second-order valence-corrected chi connectivity index (χ2v) is 8.18. The molecule has 1 N–H and O–H groups in total. The van der Waals surface area contributed by atoms with E-state index in [1.54, 1.807) is 29.4 Å². The van der Waals surface area contributed by atoms with E-state index in [1.807, 2.05) is 13.8 Å². The van der Waals surface area contributed by atoms with Crippen molar-refractivity contribution in [3.05, 3.63) is 40.7 Å². The summed E-state index contributed by atoms with van der Waals surface area (Å²) in [5.41, 5.74) is 1.43. The zero-order valence-corrected chi connectivity index (χ0v) is 17.7. The lowest BCUT2D eigenvalue weighted by Crippen LogP contribution is -2.41. The third-order valence-corrected chi connectivity index (χ3v) is 5.82. The van der Waals surface area contributed by atoms with Gasteiger partial charge in [-0.3, -0.25) is 19.5 Å². The van der Waals surface area contributed by atoms with Crippen molar-refractivity contribution in [3.8, 4) is 0 Å². The normalized spacial score (nSPS) is 14.6. The van der Waals surface area contributed by atoms with E-state index in [9.17, 15) is 9.59 Å². The van der Waals surface area contributed by atoms with Gasteiger partial charge in [0.1, 0.15) is 6.54 Å². The lowest BCUT2D eigenvalue weighted by Gasteiger charge is -2.28. The summed E-state index contributed by atoms with van der Waals surface area (Å²) in [7, 11) is 0. The van der Waals surface area contributed by atoms with Gasteiger partial charge in [0, 0.05) is 49.0 Å². The zero-order chi connectivity index (χ0) is 20.6. The zero-order valence-electron chi connectivity index (χ0n) is 16.9. The summed E-state index contributed by atoms with van der Waals surface area (Å²) in [5.74, 6) is -0.413. The smallest absolute Gasteiger partial charge is 0.254 e. The van der Waals surface area contributed by atoms with Gasteiger partial charge >= 0.3 is 0 Å². The van der Waals surface area contributed by atoms with Gasteiger partial charge in [-0.1, -0.05) is 0 Å². The van der Waals surface area contributed by atoms with Crippen LogP contribution in [-0.2, 0) is 9.53 Å². The fraction of sp³-hybridized carbons (Fsp3) is 0.500. The van der Waals surface area contributed by atoms with Crippen LogP contribution in [0.5, 0.6) is 0 Å². The highest BCUT2D eigenvalue weighted by atomic mass is 32.1. The summed E-state index contributed by atoms with van der Waals surface area (Å²) in [4.78, 5) is 38.8. The predicted molar refractivity (Wildman–Crippen MR) is 112 cm³/mol. The highest BCUT2D eigenvalue weighted by Gasteiger charge is 2.20. The number of nitrogens with zero attached hydrogens (tertiary/aromatic N) is 4. The maximum absolute atomic E-state index is 12.9. The largest absolute Gasteiger partial charge is 0.379 e. The van der Waals surface area contributed by atoms with Gasteiger partial charge in [-0.2, -0.15) is 0 Å². The Morgan fingerprint density at radius 2 is 1.97 bits per heavy atom. The van der Waals surface area contributed by atoms with Crippen LogP contribution in [0.15, 0.2) is 24.5 Å². The Hall–Kier alpha value is -2.36. The maximum Gasteiger partial charge on any atom is 0.254 e. The van der Waals surface area contributed by atoms with Gasteiger partial charge in [0.05, 0.1) is 18.9 Å². The van der Waals surface area contributed by atoms with Crippen LogP contribution in [0.4, 0.5) is 5.13 Å². The van der Waals surface area contributed by atoms with E-state index in [2.05, 4.69) is 20.2 Å². The van der Waals surface area contributed by atoms with Gasteiger partial charge in [-0.25, -0.2) is 4.98 Å². The Morgan fingerprint density at radius 1 is 1.24 bits per heavy atom. The number of ether oxygens (including phenoxy) is 1. The molecular weight excluding hydrogens is 390 g/mol. The number of amides is 2. The lowest BCUT2D eigenvalue weighted by molar-refractivity contribution is -0.116. The van der Waals surface area contributed by atoms with Gasteiger partial charge in [0.2, 0.25) is 5.91 Å². The molecule has 0 aliphatic carbocycles. The van der Waals surface area contributed by atoms with Gasteiger partial charge in [-0.15, -0.1) is 11.3 Å². The third kappa shape index (κ3) is 6.31. The molecule has 3 heterocycles. The molecule has 156 valence electrons. The number of anilines is 1. The van der Waals surface area contributed by atoms with Gasteiger partial charge in [-0.05, 0) is 32.4 Å². The third-order valence-electron chi connectivity index (χ3n) is 4.83. The molecule has 0 bridgehead atoms. The molecular formula is C20H27N5O3S. The number of morpholine rings is 1. The molecule has 0 atom stereocenters. The number of pyridine rings is 1. The molecule has 1 aliphatic rings. The van der Waals surface area contributed by atoms with Gasteiger partial charge in [0.25, 0.3) is 5.91 Å². The van der Waals surface area contributed by atoms with Crippen molar-refractivity contribution < 1.29 is 14.3 Å². The SMILES string of the molecule is Cc1nc(NC(=O)CN(CCCN2CCOCC2)C(=O)c2ccncc2)sc1C. The monoisotopic (exact) mass is 417 g/mol. The quantitative estimate of drug-likeness (QED) is 0.706. The van der Waals surface area contributed by atoms with Crippen molar-refractivity contribution in [1.29, 1.82) is 0 Å². The molecule has 9 heteroatoms. The van der Waals surface area contributed by atoms with Crippen LogP contribution in [0, 0.1) is 13.8 Å². The van der Waals surface area contributed by atoms with Crippen molar-refractivity contribution >= 4 is 28.3 Å². The molecule has 8 nitrogen and oxygen atoms in total. The van der Waals surface area contributed by atoms with E-state index in [0.717, 1.165) is 49.8 Å². The van der Waals surface area contributed by atoms with E-state index in [1.165, 1.54) is 11.3 Å². The average molecular weight is 418 g/mol. The number of thiazole rings is 1. The molecule has 0 radical (unpaired) electrons. The first kappa shape index (κ1) is 21.4. The molecule has 2 aromatic rings. The molecule has 29 heavy (non-hydrogen) atoms. The minimum Gasteiger partial charge on any atom is -0.379 e. The lowest BCUT2D eigenvalue weighted by atomic mass is 10.2. The number of rotatable bonds is 8. The fourth-order valence-electron chi connectivity index (χ4n) is 3.10. The second-order valence-electron chi connectivity index (χ2n) is 6.98. The Labute approximate surface area is 174 Å². The van der Waals surface area contributed by atoms with Crippen LogP contribution < -0.4 is 5.32 Å². The first-order chi connectivity index (χ1) is 14.0. The topological polar surface area (TPSA) is 87.7 Å². The number of hydrogen-bond donors (Lipinski definition) is 1. The van der Waals surface area contributed by atoms with E-state index in [4.69, 9.17) is 4.74 Å². The van der Waals surface area contributed by atoms with Gasteiger partial charge < -0.3 is 15.0 Å². The Kier molecular flexibility index (Phi) is 7.68. The summed E-state index contributed by atoms with van der Waals surface area (Å²) in [6.07, 6.45) is 3.96.